The summed E-state index contributed by atoms with van der Waals surface area (Å²) in [6, 6.07) is 7.88. The lowest BCUT2D eigenvalue weighted by Crippen LogP contribution is -2.37. The lowest BCUT2D eigenvalue weighted by atomic mass is 9.95. The third kappa shape index (κ3) is 21.2. The highest BCUT2D eigenvalue weighted by Gasteiger charge is 2.25. The number of hydrogen-bond acceptors (Lipinski definition) is 5. The van der Waals surface area contributed by atoms with E-state index in [2.05, 4.69) is 6.92 Å². The molecule has 1 aromatic rings. The summed E-state index contributed by atoms with van der Waals surface area (Å²) in [5.41, 5.74) is 1.03. The first kappa shape index (κ1) is 35.8. The van der Waals surface area contributed by atoms with E-state index in [-0.39, 0.29) is 31.3 Å². The topological polar surface area (TPSA) is 82.1 Å². The Kier molecular flexibility index (Phi) is 18.9. The Morgan fingerprint density at radius 1 is 0.846 bits per heavy atom. The van der Waals surface area contributed by atoms with Gasteiger partial charge in [-0.3, -0.25) is 9.05 Å². The number of ketones is 1. The van der Waals surface area contributed by atoms with Gasteiger partial charge in [-0.25, -0.2) is 4.57 Å². The van der Waals surface area contributed by atoms with Crippen LogP contribution in [0.3, 0.4) is 0 Å². The van der Waals surface area contributed by atoms with Gasteiger partial charge in [0.2, 0.25) is 0 Å². The van der Waals surface area contributed by atoms with Crippen LogP contribution in [0.15, 0.2) is 24.3 Å². The first-order valence-electron chi connectivity index (χ1n) is 15.1. The molecule has 0 spiro atoms. The predicted octanol–water partition coefficient (Wildman–Crippen LogP) is 7.74. The lowest BCUT2D eigenvalue weighted by Gasteiger charge is -2.24. The molecule has 2 atom stereocenters. The van der Waals surface area contributed by atoms with Crippen LogP contribution >= 0.6 is 7.82 Å². The molecule has 0 aliphatic rings. The first-order chi connectivity index (χ1) is 18.5. The van der Waals surface area contributed by atoms with Crippen molar-refractivity contribution in [3.05, 3.63) is 29.8 Å². The van der Waals surface area contributed by atoms with Gasteiger partial charge < -0.3 is 18.9 Å². The molecule has 0 aromatic heterocycles. The minimum absolute atomic E-state index is 0.0182. The number of phosphoric acid groups is 1. The number of likely N-dealkylation sites (N-methyl/N-ethyl adjacent to an activating group) is 1. The van der Waals surface area contributed by atoms with Crippen LogP contribution in [0, 0.1) is 5.92 Å². The van der Waals surface area contributed by atoms with Gasteiger partial charge in [0.15, 0.2) is 0 Å². The van der Waals surface area contributed by atoms with Crippen molar-refractivity contribution in [2.45, 2.75) is 104 Å². The van der Waals surface area contributed by atoms with Crippen molar-refractivity contribution in [2.24, 2.45) is 5.92 Å². The van der Waals surface area contributed by atoms with E-state index < -0.39 is 7.82 Å². The van der Waals surface area contributed by atoms with Gasteiger partial charge in [-0.1, -0.05) is 89.7 Å². The molecule has 0 aliphatic heterocycles. The highest BCUT2D eigenvalue weighted by atomic mass is 31.2. The van der Waals surface area contributed by atoms with Crippen molar-refractivity contribution in [1.82, 2.24) is 0 Å². The van der Waals surface area contributed by atoms with Crippen LogP contribution in [0.1, 0.15) is 103 Å². The van der Waals surface area contributed by atoms with Gasteiger partial charge in [0.1, 0.15) is 24.7 Å². The molecular formula is C31H57NO6P+. The van der Waals surface area contributed by atoms with Gasteiger partial charge in [0.05, 0.1) is 34.4 Å². The molecule has 39 heavy (non-hydrogen) atoms. The third-order valence-electron chi connectivity index (χ3n) is 6.78. The minimum Gasteiger partial charge on any atom is -0.494 e. The molecule has 0 amide bonds. The zero-order valence-electron chi connectivity index (χ0n) is 25.5. The van der Waals surface area contributed by atoms with Gasteiger partial charge in [-0.15, -0.1) is 0 Å². The van der Waals surface area contributed by atoms with Crippen LogP contribution in [0.2, 0.25) is 0 Å². The average molecular weight is 571 g/mol. The summed E-state index contributed by atoms with van der Waals surface area (Å²) in [4.78, 5) is 21.8. The number of quaternary nitrogens is 1. The number of carbonyl (C=O) groups is 1. The Bertz CT molecular complexity index is 808. The SMILES string of the molecule is CCCCCCCCCCCCCCOc1ccc(CC(COP(=O)(O)OCC[N+](C)(C)C)CC(C)=O)cc1. The average Bonchev–Trinajstić information content (AvgIpc) is 2.85. The smallest absolute Gasteiger partial charge is 0.472 e. The molecule has 0 fully saturated rings. The Labute approximate surface area is 238 Å². The predicted molar refractivity (Wildman–Crippen MR) is 160 cm³/mol. The second-order valence-corrected chi connectivity index (χ2v) is 13.4. The number of rotatable bonds is 25. The Morgan fingerprint density at radius 2 is 1.38 bits per heavy atom. The van der Waals surface area contributed by atoms with Crippen LogP contribution < -0.4 is 4.74 Å². The van der Waals surface area contributed by atoms with Crippen LogP contribution in [0.25, 0.3) is 0 Å². The normalized spacial score (nSPS) is 14.2. The number of hydrogen-bond donors (Lipinski definition) is 1. The summed E-state index contributed by atoms with van der Waals surface area (Å²) in [6.07, 6.45) is 16.7. The minimum atomic E-state index is -4.16. The number of nitrogens with zero attached hydrogens (tertiary/aromatic N) is 1. The van der Waals surface area contributed by atoms with Crippen molar-refractivity contribution in [1.29, 1.82) is 0 Å². The molecule has 0 radical (unpaired) electrons. The van der Waals surface area contributed by atoms with Crippen molar-refractivity contribution >= 4 is 13.6 Å². The fourth-order valence-electron chi connectivity index (χ4n) is 4.45. The van der Waals surface area contributed by atoms with Crippen LogP contribution in [-0.2, 0) is 24.8 Å². The van der Waals surface area contributed by atoms with Crippen molar-refractivity contribution in [2.75, 3.05) is 47.5 Å². The summed E-state index contributed by atoms with van der Waals surface area (Å²) in [7, 11) is 1.77. The van der Waals surface area contributed by atoms with Crippen LogP contribution in [0.4, 0.5) is 0 Å². The first-order valence-corrected chi connectivity index (χ1v) is 16.6. The summed E-state index contributed by atoms with van der Waals surface area (Å²) in [5, 5.41) is 0. The molecular weight excluding hydrogens is 513 g/mol. The van der Waals surface area contributed by atoms with Crippen LogP contribution in [0.5, 0.6) is 5.75 Å². The molecule has 1 aromatic carbocycles. The highest BCUT2D eigenvalue weighted by molar-refractivity contribution is 7.47. The van der Waals surface area contributed by atoms with Crippen molar-refractivity contribution in [3.63, 3.8) is 0 Å². The van der Waals surface area contributed by atoms with Gasteiger partial charge in [-0.2, -0.15) is 0 Å². The fraction of sp³-hybridized carbons (Fsp3) is 0.774. The zero-order chi connectivity index (χ0) is 29.0. The van der Waals surface area contributed by atoms with Gasteiger partial charge >= 0.3 is 7.82 Å². The van der Waals surface area contributed by atoms with E-state index in [4.69, 9.17) is 13.8 Å². The number of Topliss-reactive ketones (excluding diaryl/α,β-unsaturated/α-hetero) is 1. The summed E-state index contributed by atoms with van der Waals surface area (Å²) >= 11 is 0. The number of carbonyl (C=O) groups excluding carboxylic acids is 1. The standard InChI is InChI=1S/C31H56NO6P/c1-6-7-8-9-10-11-12-13-14-15-16-17-23-36-31-20-18-29(19-21-31)26-30(25-28(2)33)27-38-39(34,35)37-24-22-32(3,4)5/h18-21,30H,6-17,22-27H2,1-5H3/p+1. The second-order valence-electron chi connectivity index (χ2n) is 12.0. The van der Waals surface area contributed by atoms with Crippen molar-refractivity contribution < 1.29 is 32.5 Å². The molecule has 226 valence electrons. The molecule has 0 bridgehead atoms. The Balaban J connectivity index is 2.28. The van der Waals surface area contributed by atoms with E-state index in [0.717, 1.165) is 24.3 Å². The molecule has 1 rings (SSSR count). The van der Waals surface area contributed by atoms with E-state index in [1.807, 2.05) is 45.4 Å². The summed E-state index contributed by atoms with van der Waals surface area (Å²) in [5.74, 6) is 0.647. The molecule has 1 N–H and O–H groups in total. The number of benzene rings is 1. The van der Waals surface area contributed by atoms with E-state index in [0.29, 0.717) is 17.4 Å². The van der Waals surface area contributed by atoms with Gasteiger partial charge in [0, 0.05) is 6.42 Å². The second kappa shape index (κ2) is 20.6. The van der Waals surface area contributed by atoms with Gasteiger partial charge in [-0.05, 0) is 43.4 Å². The lowest BCUT2D eigenvalue weighted by molar-refractivity contribution is -0.870. The highest BCUT2D eigenvalue weighted by Crippen LogP contribution is 2.43. The molecule has 0 heterocycles. The fourth-order valence-corrected chi connectivity index (χ4v) is 5.24. The largest absolute Gasteiger partial charge is 0.494 e. The molecule has 7 nitrogen and oxygen atoms in total. The molecule has 8 heteroatoms. The number of unbranched alkanes of at least 4 members (excludes halogenated alkanes) is 11. The van der Waals surface area contributed by atoms with E-state index in [9.17, 15) is 14.3 Å². The number of phosphoric ester groups is 1. The van der Waals surface area contributed by atoms with E-state index in [1.54, 1.807) is 0 Å². The zero-order valence-corrected chi connectivity index (χ0v) is 26.4. The monoisotopic (exact) mass is 570 g/mol. The molecule has 0 aliphatic carbocycles. The van der Waals surface area contributed by atoms with E-state index in [1.165, 1.54) is 77.6 Å². The van der Waals surface area contributed by atoms with Crippen molar-refractivity contribution in [3.8, 4) is 5.75 Å². The maximum absolute atomic E-state index is 12.3. The summed E-state index contributed by atoms with van der Waals surface area (Å²) < 4.78 is 29.1. The molecule has 0 saturated carbocycles. The molecule has 0 saturated heterocycles. The van der Waals surface area contributed by atoms with Crippen LogP contribution in [-0.4, -0.2) is 62.7 Å². The van der Waals surface area contributed by atoms with Gasteiger partial charge in [0.25, 0.3) is 0 Å². The summed E-state index contributed by atoms with van der Waals surface area (Å²) in [6.45, 7) is 5.19. The third-order valence-corrected chi connectivity index (χ3v) is 7.76. The quantitative estimate of drug-likeness (QED) is 0.0735. The Morgan fingerprint density at radius 3 is 1.90 bits per heavy atom. The number of ether oxygens (including phenoxy) is 1. The Hall–Kier alpha value is -1.24. The molecule has 2 unspecified atom stereocenters. The van der Waals surface area contributed by atoms with E-state index >= 15 is 0 Å². The maximum Gasteiger partial charge on any atom is 0.472 e. The maximum atomic E-state index is 12.3.